The molecule has 1 aliphatic rings. The minimum absolute atomic E-state index is 0.282. The van der Waals surface area contributed by atoms with Gasteiger partial charge in [0.1, 0.15) is 0 Å². The zero-order chi connectivity index (χ0) is 13.1. The van der Waals surface area contributed by atoms with Crippen LogP contribution in [0.3, 0.4) is 0 Å². The lowest BCUT2D eigenvalue weighted by molar-refractivity contribution is -0.322. The summed E-state index contributed by atoms with van der Waals surface area (Å²) in [7, 11) is 5.96. The molecule has 0 heterocycles. The number of hydrogen-bond donors (Lipinski definition) is 1. The highest BCUT2D eigenvalue weighted by molar-refractivity contribution is 5.70. The van der Waals surface area contributed by atoms with Crippen molar-refractivity contribution in [2.24, 2.45) is 5.92 Å². The Morgan fingerprint density at radius 3 is 1.59 bits per heavy atom. The smallest absolute Gasteiger partial charge is 0.306 e. The average Bonchev–Trinajstić information content (AvgIpc) is 2.37. The molecule has 17 heavy (non-hydrogen) atoms. The zero-order valence-corrected chi connectivity index (χ0v) is 10.7. The molecule has 0 radical (unpaired) electrons. The quantitative estimate of drug-likeness (QED) is 0.727. The molecular weight excluding hydrogens is 228 g/mol. The van der Waals surface area contributed by atoms with Crippen LogP contribution >= 0.6 is 0 Å². The highest BCUT2D eigenvalue weighted by atomic mass is 16.7. The zero-order valence-electron chi connectivity index (χ0n) is 10.7. The van der Waals surface area contributed by atoms with E-state index in [0.717, 1.165) is 0 Å². The standard InChI is InChI=1S/C11H20O6/c1-14-10(15-2)5-8(9(12)13)6-11(7-10,16-3)17-4/h8H,5-7H2,1-4H3,(H,12,13). The van der Waals surface area contributed by atoms with Gasteiger partial charge in [-0.25, -0.2) is 0 Å². The Hall–Kier alpha value is -0.690. The van der Waals surface area contributed by atoms with Crippen LogP contribution in [0, 0.1) is 5.92 Å². The molecule has 0 atom stereocenters. The Labute approximate surface area is 101 Å². The number of ether oxygens (including phenoxy) is 4. The fraction of sp³-hybridized carbons (Fsp3) is 0.909. The summed E-state index contributed by atoms with van der Waals surface area (Å²) in [4.78, 5) is 11.2. The third kappa shape index (κ3) is 2.77. The molecule has 6 nitrogen and oxygen atoms in total. The molecule has 1 rings (SSSR count). The number of carboxylic acid groups (broad SMARTS) is 1. The lowest BCUT2D eigenvalue weighted by atomic mass is 9.80. The Balaban J connectivity index is 3.01. The number of aliphatic carboxylic acids is 1. The van der Waals surface area contributed by atoms with Crippen molar-refractivity contribution in [2.75, 3.05) is 28.4 Å². The van der Waals surface area contributed by atoms with Gasteiger partial charge in [0, 0.05) is 41.3 Å². The van der Waals surface area contributed by atoms with Gasteiger partial charge < -0.3 is 24.1 Å². The lowest BCUT2D eigenvalue weighted by Gasteiger charge is -2.46. The topological polar surface area (TPSA) is 74.2 Å². The second kappa shape index (κ2) is 5.30. The largest absolute Gasteiger partial charge is 0.481 e. The number of hydrogen-bond acceptors (Lipinski definition) is 5. The second-order valence-corrected chi connectivity index (χ2v) is 4.26. The summed E-state index contributed by atoms with van der Waals surface area (Å²) in [5.41, 5.74) is 0. The molecule has 0 aromatic heterocycles. The van der Waals surface area contributed by atoms with Crippen molar-refractivity contribution in [1.82, 2.24) is 0 Å². The summed E-state index contributed by atoms with van der Waals surface area (Å²) < 4.78 is 21.3. The molecule has 0 aliphatic heterocycles. The third-order valence-corrected chi connectivity index (χ3v) is 3.49. The van der Waals surface area contributed by atoms with E-state index in [0.29, 0.717) is 6.42 Å². The van der Waals surface area contributed by atoms with Crippen LogP contribution in [-0.4, -0.2) is 51.1 Å². The fourth-order valence-electron chi connectivity index (χ4n) is 2.34. The molecule has 1 aliphatic carbocycles. The Kier molecular flexibility index (Phi) is 4.48. The van der Waals surface area contributed by atoms with Crippen LogP contribution in [0.1, 0.15) is 19.3 Å². The molecule has 0 aromatic carbocycles. The molecule has 0 amide bonds. The summed E-state index contributed by atoms with van der Waals surface area (Å²) >= 11 is 0. The van der Waals surface area contributed by atoms with E-state index in [-0.39, 0.29) is 12.8 Å². The van der Waals surface area contributed by atoms with E-state index in [4.69, 9.17) is 24.1 Å². The maximum Gasteiger partial charge on any atom is 0.306 e. The highest BCUT2D eigenvalue weighted by Crippen LogP contribution is 2.43. The van der Waals surface area contributed by atoms with Crippen LogP contribution < -0.4 is 0 Å². The van der Waals surface area contributed by atoms with Crippen molar-refractivity contribution in [3.63, 3.8) is 0 Å². The van der Waals surface area contributed by atoms with Gasteiger partial charge in [0.25, 0.3) is 0 Å². The van der Waals surface area contributed by atoms with Crippen molar-refractivity contribution >= 4 is 5.97 Å². The van der Waals surface area contributed by atoms with Crippen LogP contribution in [0.2, 0.25) is 0 Å². The summed E-state index contributed by atoms with van der Waals surface area (Å²) in [5.74, 6) is -3.48. The lowest BCUT2D eigenvalue weighted by Crippen LogP contribution is -2.54. The fourth-order valence-corrected chi connectivity index (χ4v) is 2.34. The van der Waals surface area contributed by atoms with E-state index >= 15 is 0 Å². The monoisotopic (exact) mass is 248 g/mol. The Morgan fingerprint density at radius 1 is 1.00 bits per heavy atom. The predicted molar refractivity (Wildman–Crippen MR) is 58.5 cm³/mol. The van der Waals surface area contributed by atoms with Gasteiger partial charge in [-0.1, -0.05) is 0 Å². The summed E-state index contributed by atoms with van der Waals surface area (Å²) in [6, 6.07) is 0. The minimum atomic E-state index is -0.979. The Bertz CT molecular complexity index is 249. The molecular formula is C11H20O6. The first-order chi connectivity index (χ1) is 7.96. The molecule has 1 fully saturated rings. The molecule has 1 saturated carbocycles. The van der Waals surface area contributed by atoms with Crippen LogP contribution in [0.25, 0.3) is 0 Å². The van der Waals surface area contributed by atoms with E-state index in [2.05, 4.69) is 0 Å². The van der Waals surface area contributed by atoms with Gasteiger partial charge in [0.05, 0.1) is 12.3 Å². The minimum Gasteiger partial charge on any atom is -0.481 e. The summed E-state index contributed by atoms with van der Waals surface area (Å²) in [6.45, 7) is 0. The van der Waals surface area contributed by atoms with Crippen molar-refractivity contribution in [3.05, 3.63) is 0 Å². The Morgan fingerprint density at radius 2 is 1.35 bits per heavy atom. The van der Waals surface area contributed by atoms with Gasteiger partial charge in [0.15, 0.2) is 11.6 Å². The number of carbonyl (C=O) groups is 1. The maximum absolute atomic E-state index is 11.2. The van der Waals surface area contributed by atoms with Crippen LogP contribution in [0.4, 0.5) is 0 Å². The van der Waals surface area contributed by atoms with Crippen LogP contribution in [-0.2, 0) is 23.7 Å². The van der Waals surface area contributed by atoms with Crippen LogP contribution in [0.5, 0.6) is 0 Å². The second-order valence-electron chi connectivity index (χ2n) is 4.26. The molecule has 1 N–H and O–H groups in total. The molecule has 100 valence electrons. The number of carboxylic acids is 1. The molecule has 0 saturated heterocycles. The third-order valence-electron chi connectivity index (χ3n) is 3.49. The maximum atomic E-state index is 11.2. The highest BCUT2D eigenvalue weighted by Gasteiger charge is 2.52. The summed E-state index contributed by atoms with van der Waals surface area (Å²) in [6.07, 6.45) is 0.900. The molecule has 6 heteroatoms. The van der Waals surface area contributed by atoms with Crippen LogP contribution in [0.15, 0.2) is 0 Å². The van der Waals surface area contributed by atoms with Gasteiger partial charge in [-0.3, -0.25) is 4.79 Å². The first kappa shape index (κ1) is 14.4. The van der Waals surface area contributed by atoms with E-state index in [1.165, 1.54) is 28.4 Å². The van der Waals surface area contributed by atoms with Gasteiger partial charge in [-0.05, 0) is 0 Å². The van der Waals surface area contributed by atoms with Gasteiger partial charge >= 0.3 is 5.97 Å². The van der Waals surface area contributed by atoms with E-state index in [9.17, 15) is 4.79 Å². The molecule has 0 aromatic rings. The number of methoxy groups -OCH3 is 4. The van der Waals surface area contributed by atoms with E-state index in [1.807, 2.05) is 0 Å². The van der Waals surface area contributed by atoms with Gasteiger partial charge in [-0.15, -0.1) is 0 Å². The van der Waals surface area contributed by atoms with Gasteiger partial charge in [-0.2, -0.15) is 0 Å². The first-order valence-electron chi connectivity index (χ1n) is 5.40. The molecule has 0 bridgehead atoms. The van der Waals surface area contributed by atoms with E-state index < -0.39 is 23.5 Å². The van der Waals surface area contributed by atoms with Crippen molar-refractivity contribution in [1.29, 1.82) is 0 Å². The normalized spacial score (nSPS) is 23.5. The van der Waals surface area contributed by atoms with Crippen molar-refractivity contribution < 1.29 is 28.8 Å². The van der Waals surface area contributed by atoms with Crippen molar-refractivity contribution in [2.45, 2.75) is 30.8 Å². The number of rotatable bonds is 5. The van der Waals surface area contributed by atoms with Gasteiger partial charge in [0.2, 0.25) is 0 Å². The van der Waals surface area contributed by atoms with Crippen molar-refractivity contribution in [3.8, 4) is 0 Å². The SMILES string of the molecule is COC1(OC)CC(C(=O)O)CC(OC)(OC)C1. The summed E-state index contributed by atoms with van der Waals surface area (Å²) in [5, 5.41) is 9.16. The first-order valence-corrected chi connectivity index (χ1v) is 5.40. The predicted octanol–water partition coefficient (Wildman–Crippen LogP) is 0.849. The molecule has 0 unspecified atom stereocenters. The van der Waals surface area contributed by atoms with E-state index in [1.54, 1.807) is 0 Å². The average molecular weight is 248 g/mol. The molecule has 0 spiro atoms.